The molecule has 0 saturated heterocycles. The number of fused-ring (bicyclic) bond motifs is 1. The molecule has 0 spiro atoms. The molecule has 6 nitrogen and oxygen atoms in total. The Balaban J connectivity index is 2.00. The standard InChI is InChI=1S/C17H28N4O2S/c1-5-6-7-8-9-10-11-12-24-16-18-14-13(19(16)2)15(22)21(4)17(23)20(14)3/h5-12H2,1-4H3. The predicted octanol–water partition coefficient (Wildman–Crippen LogP) is 2.81. The van der Waals surface area contributed by atoms with E-state index >= 15 is 0 Å². The Morgan fingerprint density at radius 2 is 1.50 bits per heavy atom. The highest BCUT2D eigenvalue weighted by atomic mass is 32.2. The van der Waals surface area contributed by atoms with Crippen LogP contribution < -0.4 is 11.2 Å². The van der Waals surface area contributed by atoms with E-state index < -0.39 is 0 Å². The molecule has 0 N–H and O–H groups in total. The van der Waals surface area contributed by atoms with E-state index in [0.717, 1.165) is 21.9 Å². The van der Waals surface area contributed by atoms with Crippen molar-refractivity contribution >= 4 is 22.9 Å². The third-order valence-corrected chi connectivity index (χ3v) is 5.53. The highest BCUT2D eigenvalue weighted by molar-refractivity contribution is 7.99. The molecule has 0 aliphatic rings. The summed E-state index contributed by atoms with van der Waals surface area (Å²) in [5, 5.41) is 0.800. The highest BCUT2D eigenvalue weighted by Crippen LogP contribution is 2.21. The SMILES string of the molecule is CCCCCCCCCSc1nc2c(c(=O)n(C)c(=O)n2C)n1C. The van der Waals surface area contributed by atoms with Gasteiger partial charge in [-0.15, -0.1) is 0 Å². The van der Waals surface area contributed by atoms with Crippen molar-refractivity contribution in [1.29, 1.82) is 0 Å². The molecule has 0 unspecified atom stereocenters. The first kappa shape index (κ1) is 18.8. The molecule has 0 atom stereocenters. The number of nitrogens with zero attached hydrogens (tertiary/aromatic N) is 4. The van der Waals surface area contributed by atoms with Gasteiger partial charge >= 0.3 is 5.69 Å². The van der Waals surface area contributed by atoms with Crippen LogP contribution in [0.15, 0.2) is 14.7 Å². The van der Waals surface area contributed by atoms with Crippen LogP contribution in [0.3, 0.4) is 0 Å². The van der Waals surface area contributed by atoms with Crippen LogP contribution in [0.5, 0.6) is 0 Å². The lowest BCUT2D eigenvalue weighted by Crippen LogP contribution is -2.37. The summed E-state index contributed by atoms with van der Waals surface area (Å²) in [6.45, 7) is 2.23. The van der Waals surface area contributed by atoms with E-state index in [9.17, 15) is 9.59 Å². The molecule has 0 aliphatic carbocycles. The van der Waals surface area contributed by atoms with Crippen molar-refractivity contribution in [3.05, 3.63) is 20.8 Å². The predicted molar refractivity (Wildman–Crippen MR) is 99.9 cm³/mol. The number of aryl methyl sites for hydroxylation is 2. The zero-order chi connectivity index (χ0) is 17.7. The van der Waals surface area contributed by atoms with Crippen molar-refractivity contribution in [2.24, 2.45) is 21.1 Å². The second-order valence-corrected chi connectivity index (χ2v) is 7.36. The van der Waals surface area contributed by atoms with Crippen LogP contribution in [0.25, 0.3) is 11.2 Å². The Kier molecular flexibility index (Phi) is 6.71. The molecule has 0 saturated carbocycles. The molecule has 7 heteroatoms. The van der Waals surface area contributed by atoms with Gasteiger partial charge in [-0.1, -0.05) is 57.2 Å². The van der Waals surface area contributed by atoms with Gasteiger partial charge in [0.05, 0.1) is 0 Å². The number of aromatic nitrogens is 4. The van der Waals surface area contributed by atoms with Crippen molar-refractivity contribution in [2.45, 2.75) is 57.0 Å². The normalized spacial score (nSPS) is 11.5. The van der Waals surface area contributed by atoms with Gasteiger partial charge in [-0.2, -0.15) is 0 Å². The maximum Gasteiger partial charge on any atom is 0.332 e. The molecule has 0 radical (unpaired) electrons. The molecule has 0 aliphatic heterocycles. The van der Waals surface area contributed by atoms with Crippen LogP contribution in [0.2, 0.25) is 0 Å². The zero-order valence-corrected chi connectivity index (χ0v) is 16.0. The van der Waals surface area contributed by atoms with Gasteiger partial charge in [0.1, 0.15) is 0 Å². The zero-order valence-electron chi connectivity index (χ0n) is 15.2. The maximum atomic E-state index is 12.3. The summed E-state index contributed by atoms with van der Waals surface area (Å²) >= 11 is 1.66. The molecule has 0 aromatic carbocycles. The van der Waals surface area contributed by atoms with E-state index in [1.165, 1.54) is 50.1 Å². The van der Waals surface area contributed by atoms with Crippen molar-refractivity contribution in [3.8, 4) is 0 Å². The van der Waals surface area contributed by atoms with E-state index in [2.05, 4.69) is 11.9 Å². The van der Waals surface area contributed by atoms with Crippen molar-refractivity contribution in [1.82, 2.24) is 18.7 Å². The van der Waals surface area contributed by atoms with E-state index in [4.69, 9.17) is 0 Å². The molecule has 0 bridgehead atoms. The lowest BCUT2D eigenvalue weighted by molar-refractivity contribution is 0.603. The third kappa shape index (κ3) is 3.94. The molecular formula is C17H28N4O2S. The smallest absolute Gasteiger partial charge is 0.316 e. The second kappa shape index (κ2) is 8.55. The maximum absolute atomic E-state index is 12.3. The van der Waals surface area contributed by atoms with Gasteiger partial charge in [-0.3, -0.25) is 13.9 Å². The first-order valence-electron chi connectivity index (χ1n) is 8.74. The molecule has 2 rings (SSSR count). The Labute approximate surface area is 146 Å². The fourth-order valence-electron chi connectivity index (χ4n) is 2.85. The topological polar surface area (TPSA) is 61.8 Å². The minimum absolute atomic E-state index is 0.286. The summed E-state index contributed by atoms with van der Waals surface area (Å²) < 4.78 is 4.38. The fourth-order valence-corrected chi connectivity index (χ4v) is 3.82. The highest BCUT2D eigenvalue weighted by Gasteiger charge is 2.16. The van der Waals surface area contributed by atoms with E-state index in [1.807, 2.05) is 11.6 Å². The molecule has 0 fully saturated rings. The van der Waals surface area contributed by atoms with Crippen molar-refractivity contribution in [3.63, 3.8) is 0 Å². The summed E-state index contributed by atoms with van der Waals surface area (Å²) in [5.74, 6) is 0.985. The van der Waals surface area contributed by atoms with Gasteiger partial charge in [0.25, 0.3) is 5.56 Å². The second-order valence-electron chi connectivity index (χ2n) is 6.30. The number of rotatable bonds is 9. The summed E-state index contributed by atoms with van der Waals surface area (Å²) in [4.78, 5) is 28.8. The van der Waals surface area contributed by atoms with Crippen molar-refractivity contribution in [2.75, 3.05) is 5.75 Å². The molecule has 2 aromatic rings. The number of imidazole rings is 1. The van der Waals surface area contributed by atoms with Crippen molar-refractivity contribution < 1.29 is 0 Å². The van der Waals surface area contributed by atoms with Crippen LogP contribution in [0, 0.1) is 0 Å². The fraction of sp³-hybridized carbons (Fsp3) is 0.706. The number of thioether (sulfide) groups is 1. The summed E-state index contributed by atoms with van der Waals surface area (Å²) in [6, 6.07) is 0. The van der Waals surface area contributed by atoms with Gasteiger partial charge in [0.15, 0.2) is 16.3 Å². The largest absolute Gasteiger partial charge is 0.332 e. The number of hydrogen-bond acceptors (Lipinski definition) is 4. The lowest BCUT2D eigenvalue weighted by atomic mass is 10.1. The first-order valence-corrected chi connectivity index (χ1v) is 9.72. The van der Waals surface area contributed by atoms with Gasteiger partial charge in [0.2, 0.25) is 0 Å². The molecular weight excluding hydrogens is 324 g/mol. The Morgan fingerprint density at radius 1 is 0.875 bits per heavy atom. The first-order chi connectivity index (χ1) is 11.5. The van der Waals surface area contributed by atoms with Crippen LogP contribution in [0.1, 0.15) is 51.9 Å². The molecule has 2 heterocycles. The quantitative estimate of drug-likeness (QED) is 0.514. The van der Waals surface area contributed by atoms with E-state index in [1.54, 1.807) is 18.8 Å². The van der Waals surface area contributed by atoms with Crippen LogP contribution in [-0.2, 0) is 21.1 Å². The molecule has 2 aromatic heterocycles. The monoisotopic (exact) mass is 352 g/mol. The van der Waals surface area contributed by atoms with Gasteiger partial charge < -0.3 is 4.57 Å². The van der Waals surface area contributed by atoms with Gasteiger partial charge in [0, 0.05) is 26.9 Å². The number of unbranched alkanes of at least 4 members (excludes halogenated alkanes) is 6. The third-order valence-electron chi connectivity index (χ3n) is 4.41. The lowest BCUT2D eigenvalue weighted by Gasteiger charge is -2.04. The minimum Gasteiger partial charge on any atom is -0.316 e. The Bertz CT molecular complexity index is 803. The van der Waals surface area contributed by atoms with Crippen LogP contribution >= 0.6 is 11.8 Å². The average Bonchev–Trinajstić information content (AvgIpc) is 2.90. The Hall–Kier alpha value is -1.50. The molecule has 24 heavy (non-hydrogen) atoms. The summed E-state index contributed by atoms with van der Waals surface area (Å²) in [6.07, 6.45) is 8.96. The van der Waals surface area contributed by atoms with E-state index in [0.29, 0.717) is 11.2 Å². The van der Waals surface area contributed by atoms with E-state index in [-0.39, 0.29) is 11.2 Å². The number of hydrogen-bond donors (Lipinski definition) is 0. The van der Waals surface area contributed by atoms with Gasteiger partial charge in [-0.25, -0.2) is 9.78 Å². The minimum atomic E-state index is -0.339. The molecule has 134 valence electrons. The van der Waals surface area contributed by atoms with Crippen LogP contribution in [0.4, 0.5) is 0 Å². The van der Waals surface area contributed by atoms with Crippen LogP contribution in [-0.4, -0.2) is 24.4 Å². The molecule has 0 amide bonds. The van der Waals surface area contributed by atoms with Gasteiger partial charge in [-0.05, 0) is 6.42 Å². The average molecular weight is 353 g/mol. The summed E-state index contributed by atoms with van der Waals surface area (Å²) in [5.41, 5.74) is 0.328. The Morgan fingerprint density at radius 3 is 2.17 bits per heavy atom. The summed E-state index contributed by atoms with van der Waals surface area (Å²) in [7, 11) is 5.00.